The molecule has 3 atom stereocenters. The fourth-order valence-electron chi connectivity index (χ4n) is 4.56. The highest BCUT2D eigenvalue weighted by Crippen LogP contribution is 2.40. The van der Waals surface area contributed by atoms with Gasteiger partial charge in [0.1, 0.15) is 0 Å². The number of nitrogens with zero attached hydrogens (tertiary/aromatic N) is 1. The van der Waals surface area contributed by atoms with Crippen molar-refractivity contribution in [2.24, 2.45) is 11.7 Å². The highest BCUT2D eigenvalue weighted by atomic mass is 16.7. The Kier molecular flexibility index (Phi) is 9.15. The van der Waals surface area contributed by atoms with Gasteiger partial charge in [-0.05, 0) is 52.5 Å². The maximum absolute atomic E-state index is 13.6. The number of nitrogens with two attached hydrogens (primary N) is 1. The van der Waals surface area contributed by atoms with E-state index < -0.39 is 35.5 Å². The van der Waals surface area contributed by atoms with Crippen molar-refractivity contribution < 1.29 is 28.5 Å². The van der Waals surface area contributed by atoms with Crippen molar-refractivity contribution >= 4 is 11.9 Å². The van der Waals surface area contributed by atoms with E-state index in [1.54, 1.807) is 0 Å². The van der Waals surface area contributed by atoms with E-state index in [2.05, 4.69) is 17.4 Å². The minimum Gasteiger partial charge on any atom is -0.384 e. The van der Waals surface area contributed by atoms with Crippen LogP contribution in [0.2, 0.25) is 0 Å². The van der Waals surface area contributed by atoms with Gasteiger partial charge in [-0.1, -0.05) is 30.3 Å². The third kappa shape index (κ3) is 6.73. The number of nitrogens with one attached hydrogen (secondary N) is 1. The van der Waals surface area contributed by atoms with Crippen LogP contribution in [0.5, 0.6) is 0 Å². The van der Waals surface area contributed by atoms with Crippen LogP contribution in [0.4, 0.5) is 4.79 Å². The normalized spacial score (nSPS) is 23.6. The third-order valence-corrected chi connectivity index (χ3v) is 7.35. The van der Waals surface area contributed by atoms with Crippen LogP contribution >= 0.6 is 0 Å². The summed E-state index contributed by atoms with van der Waals surface area (Å²) in [4.78, 5) is 27.1. The number of hydrogen-bond acceptors (Lipinski definition) is 6. The summed E-state index contributed by atoms with van der Waals surface area (Å²) in [6.45, 7) is 9.05. The molecule has 2 heterocycles. The molecule has 196 valence electrons. The second-order valence-electron chi connectivity index (χ2n) is 10.4. The Morgan fingerprint density at radius 2 is 1.83 bits per heavy atom. The monoisotopic (exact) mass is 491 g/mol. The lowest BCUT2D eigenvalue weighted by atomic mass is 9.90. The molecule has 2 fully saturated rings. The van der Waals surface area contributed by atoms with Gasteiger partial charge in [-0.2, -0.15) is 0 Å². The van der Waals surface area contributed by atoms with Gasteiger partial charge in [0.2, 0.25) is 5.91 Å². The molecule has 0 bridgehead atoms. The van der Waals surface area contributed by atoms with Gasteiger partial charge in [0.15, 0.2) is 6.29 Å². The van der Waals surface area contributed by atoms with E-state index >= 15 is 0 Å². The molecule has 2 aliphatic rings. The third-order valence-electron chi connectivity index (χ3n) is 7.35. The second kappa shape index (κ2) is 11.7. The Morgan fingerprint density at radius 3 is 2.43 bits per heavy atom. The fourth-order valence-corrected chi connectivity index (χ4v) is 4.56. The highest BCUT2D eigenvalue weighted by Gasteiger charge is 2.51. The molecular weight excluding hydrogens is 450 g/mol. The molecule has 0 saturated carbocycles. The van der Waals surface area contributed by atoms with E-state index in [0.717, 1.165) is 12.8 Å². The van der Waals surface area contributed by atoms with Crippen molar-refractivity contribution in [3.8, 4) is 0 Å². The molecule has 3 amide bonds. The van der Waals surface area contributed by atoms with Crippen LogP contribution in [0.3, 0.4) is 0 Å². The molecule has 0 aromatic heterocycles. The van der Waals surface area contributed by atoms with Gasteiger partial charge in [0.25, 0.3) is 0 Å². The lowest BCUT2D eigenvalue weighted by molar-refractivity contribution is -0.141. The Morgan fingerprint density at radius 1 is 1.17 bits per heavy atom. The molecule has 3 N–H and O–H groups in total. The number of hydrogen-bond donors (Lipinski definition) is 2. The summed E-state index contributed by atoms with van der Waals surface area (Å²) in [6, 6.07) is 8.78. The molecule has 0 aliphatic carbocycles. The smallest absolute Gasteiger partial charge is 0.315 e. The Hall–Kier alpha value is -2.20. The van der Waals surface area contributed by atoms with Gasteiger partial charge < -0.3 is 34.9 Å². The summed E-state index contributed by atoms with van der Waals surface area (Å²) in [5.41, 5.74) is 5.78. The maximum Gasteiger partial charge on any atom is 0.315 e. The SMILES string of the molecule is COC[C@H](C(=O)N[C@@H](CCCc1ccccc1)C1OC(C)(C)C(C)(C)O1)C1COCCN1C(N)=O. The largest absolute Gasteiger partial charge is 0.384 e. The Bertz CT molecular complexity index is 831. The zero-order valence-electron chi connectivity index (χ0n) is 21.6. The maximum atomic E-state index is 13.6. The van der Waals surface area contributed by atoms with Crippen molar-refractivity contribution in [3.05, 3.63) is 35.9 Å². The molecule has 1 aromatic carbocycles. The zero-order chi connectivity index (χ0) is 25.6. The van der Waals surface area contributed by atoms with E-state index in [1.807, 2.05) is 45.9 Å². The van der Waals surface area contributed by atoms with E-state index in [0.29, 0.717) is 19.6 Å². The van der Waals surface area contributed by atoms with Crippen LogP contribution in [-0.2, 0) is 30.2 Å². The summed E-state index contributed by atoms with van der Waals surface area (Å²) in [7, 11) is 1.53. The lowest BCUT2D eigenvalue weighted by Crippen LogP contribution is -2.59. The number of rotatable bonds is 10. The number of benzene rings is 1. The molecule has 9 heteroatoms. The number of methoxy groups -OCH3 is 1. The zero-order valence-corrected chi connectivity index (χ0v) is 21.6. The van der Waals surface area contributed by atoms with Crippen LogP contribution in [-0.4, -0.2) is 79.9 Å². The number of primary amides is 1. The number of ether oxygens (including phenoxy) is 4. The van der Waals surface area contributed by atoms with Crippen molar-refractivity contribution in [2.45, 2.75) is 76.5 Å². The molecule has 0 radical (unpaired) electrons. The van der Waals surface area contributed by atoms with Crippen LogP contribution in [0, 0.1) is 5.92 Å². The molecule has 1 unspecified atom stereocenters. The van der Waals surface area contributed by atoms with Crippen molar-refractivity contribution in [1.29, 1.82) is 0 Å². The predicted octanol–water partition coefficient (Wildman–Crippen LogP) is 2.47. The first-order chi connectivity index (χ1) is 16.6. The molecule has 0 spiro atoms. The molecule has 2 saturated heterocycles. The minimum absolute atomic E-state index is 0.129. The number of carbonyl (C=O) groups is 2. The van der Waals surface area contributed by atoms with E-state index in [1.165, 1.54) is 17.6 Å². The average Bonchev–Trinajstić information content (AvgIpc) is 3.04. The number of urea groups is 1. The second-order valence-corrected chi connectivity index (χ2v) is 10.4. The van der Waals surface area contributed by atoms with Crippen LogP contribution < -0.4 is 11.1 Å². The van der Waals surface area contributed by atoms with Gasteiger partial charge >= 0.3 is 6.03 Å². The number of carbonyl (C=O) groups excluding carboxylic acids is 2. The molecule has 9 nitrogen and oxygen atoms in total. The summed E-state index contributed by atoms with van der Waals surface area (Å²) >= 11 is 0. The lowest BCUT2D eigenvalue weighted by Gasteiger charge is -2.39. The summed E-state index contributed by atoms with van der Waals surface area (Å²) in [5.74, 6) is -0.889. The quantitative estimate of drug-likeness (QED) is 0.520. The standard InChI is InChI=1S/C26H41N3O6/c1-25(2)26(3,4)35-23(34-25)20(13-9-12-18-10-7-6-8-11-18)28-22(30)19(16-32-5)21-17-33-15-14-29(21)24(27)31/h6-8,10-11,19-21,23H,9,12-17H2,1-5H3,(H2,27,31)(H,28,30)/t19-,20-,21?/m0/s1. The highest BCUT2D eigenvalue weighted by molar-refractivity contribution is 5.81. The Balaban J connectivity index is 1.76. The topological polar surface area (TPSA) is 112 Å². The van der Waals surface area contributed by atoms with Gasteiger partial charge in [-0.15, -0.1) is 0 Å². The van der Waals surface area contributed by atoms with Crippen LogP contribution in [0.15, 0.2) is 30.3 Å². The molecule has 1 aromatic rings. The van der Waals surface area contributed by atoms with Gasteiger partial charge in [0, 0.05) is 13.7 Å². The molecular formula is C26H41N3O6. The minimum atomic E-state index is -0.646. The van der Waals surface area contributed by atoms with Gasteiger partial charge in [-0.3, -0.25) is 4.79 Å². The molecule has 2 aliphatic heterocycles. The molecule has 35 heavy (non-hydrogen) atoms. The predicted molar refractivity (Wildman–Crippen MR) is 132 cm³/mol. The van der Waals surface area contributed by atoms with Crippen molar-refractivity contribution in [3.63, 3.8) is 0 Å². The first-order valence-electron chi connectivity index (χ1n) is 12.4. The van der Waals surface area contributed by atoms with Gasteiger partial charge in [0.05, 0.1) is 49.0 Å². The number of aryl methyl sites for hydroxylation is 1. The van der Waals surface area contributed by atoms with Gasteiger partial charge in [-0.25, -0.2) is 4.79 Å². The Labute approximate surface area is 208 Å². The van der Waals surface area contributed by atoms with Crippen LogP contribution in [0.25, 0.3) is 0 Å². The number of morpholine rings is 1. The number of amides is 3. The van der Waals surface area contributed by atoms with Crippen LogP contribution in [0.1, 0.15) is 46.1 Å². The molecule has 3 rings (SSSR count). The van der Waals surface area contributed by atoms with E-state index in [4.69, 9.17) is 24.7 Å². The fraction of sp³-hybridized carbons (Fsp3) is 0.692. The first kappa shape index (κ1) is 27.4. The summed E-state index contributed by atoms with van der Waals surface area (Å²) in [5, 5.41) is 3.16. The summed E-state index contributed by atoms with van der Waals surface area (Å²) in [6.07, 6.45) is 1.78. The van der Waals surface area contributed by atoms with Crippen molar-refractivity contribution in [1.82, 2.24) is 10.2 Å². The summed E-state index contributed by atoms with van der Waals surface area (Å²) < 4.78 is 23.5. The first-order valence-corrected chi connectivity index (χ1v) is 12.4. The van der Waals surface area contributed by atoms with Crippen molar-refractivity contribution in [2.75, 3.05) is 33.5 Å². The average molecular weight is 492 g/mol. The van der Waals surface area contributed by atoms with E-state index in [-0.39, 0.29) is 25.2 Å². The van der Waals surface area contributed by atoms with E-state index in [9.17, 15) is 9.59 Å².